The summed E-state index contributed by atoms with van der Waals surface area (Å²) in [5.74, 6) is -0.697. The van der Waals surface area contributed by atoms with E-state index < -0.39 is 23.7 Å². The molecule has 2 saturated heterocycles. The molecule has 0 saturated carbocycles. The van der Waals surface area contributed by atoms with Crippen molar-refractivity contribution in [3.05, 3.63) is 94.8 Å². The Balaban J connectivity index is 1.12. The molecule has 2 aromatic carbocycles. The minimum absolute atomic E-state index is 0.0241. The first-order chi connectivity index (χ1) is 20.2. The third kappa shape index (κ3) is 5.37. The minimum Gasteiger partial charge on any atom is -0.371 e. The van der Waals surface area contributed by atoms with Crippen LogP contribution < -0.4 is 4.90 Å². The standard InChI is InChI=1S/C33H35F3N4O2/c1-38(31(42)26-4-2-3-5-28(26)33(34,35)36)29-9-8-23-6-7-24(22-27(23)29)30(41)40-20-14-32(15-21-40)12-18-39(19-13-32)25-10-16-37-17-11-25/h2-7,10-11,16-17,22,29H,8-9,12-15,18-21H2,1H3. The highest BCUT2D eigenvalue weighted by atomic mass is 19.4. The fraction of sp³-hybridized carbons (Fsp3) is 0.424. The van der Waals surface area contributed by atoms with Crippen LogP contribution in [0.25, 0.3) is 0 Å². The highest BCUT2D eigenvalue weighted by Gasteiger charge is 2.40. The number of piperidine rings is 2. The number of fused-ring (bicyclic) bond motifs is 1. The van der Waals surface area contributed by atoms with Crippen LogP contribution in [0.2, 0.25) is 0 Å². The Kier molecular flexibility index (Phi) is 7.45. The summed E-state index contributed by atoms with van der Waals surface area (Å²) < 4.78 is 40.8. The summed E-state index contributed by atoms with van der Waals surface area (Å²) >= 11 is 0. The monoisotopic (exact) mass is 576 g/mol. The molecule has 1 aromatic heterocycles. The van der Waals surface area contributed by atoms with Crippen LogP contribution in [0.5, 0.6) is 0 Å². The first-order valence-electron chi connectivity index (χ1n) is 14.7. The summed E-state index contributed by atoms with van der Waals surface area (Å²) in [6.07, 6.45) is 4.51. The van der Waals surface area contributed by atoms with E-state index in [1.54, 1.807) is 7.05 Å². The van der Waals surface area contributed by atoms with Gasteiger partial charge in [-0.25, -0.2) is 0 Å². The highest BCUT2D eigenvalue weighted by molar-refractivity contribution is 5.97. The molecule has 6 rings (SSSR count). The SMILES string of the molecule is CN(C(=O)c1ccccc1C(F)(F)F)C1CCc2ccc(C(=O)N3CCC4(CC3)CCN(c3ccncc3)CC4)cc21. The quantitative estimate of drug-likeness (QED) is 0.362. The molecule has 0 radical (unpaired) electrons. The first kappa shape index (κ1) is 28.2. The molecule has 3 aromatic rings. The lowest BCUT2D eigenvalue weighted by Gasteiger charge is -2.47. The molecule has 2 fully saturated rings. The molecular weight excluding hydrogens is 541 g/mol. The number of nitrogens with zero attached hydrogens (tertiary/aromatic N) is 4. The molecule has 1 unspecified atom stereocenters. The van der Waals surface area contributed by atoms with Gasteiger partial charge in [-0.1, -0.05) is 18.2 Å². The Morgan fingerprint density at radius 3 is 2.29 bits per heavy atom. The molecule has 9 heteroatoms. The number of hydrogen-bond donors (Lipinski definition) is 0. The minimum atomic E-state index is -4.62. The van der Waals surface area contributed by atoms with Crippen LogP contribution in [0.15, 0.2) is 67.0 Å². The Hall–Kier alpha value is -3.88. The second kappa shape index (κ2) is 11.1. The van der Waals surface area contributed by atoms with E-state index in [1.165, 1.54) is 28.8 Å². The van der Waals surface area contributed by atoms with Gasteiger partial charge in [0, 0.05) is 56.9 Å². The van der Waals surface area contributed by atoms with Gasteiger partial charge < -0.3 is 14.7 Å². The van der Waals surface area contributed by atoms with Crippen molar-refractivity contribution < 1.29 is 22.8 Å². The first-order valence-corrected chi connectivity index (χ1v) is 14.7. The Morgan fingerprint density at radius 1 is 0.929 bits per heavy atom. The van der Waals surface area contributed by atoms with Gasteiger partial charge in [-0.2, -0.15) is 13.2 Å². The maximum absolute atomic E-state index is 13.6. The molecule has 1 atom stereocenters. The molecular formula is C33H35F3N4O2. The lowest BCUT2D eigenvalue weighted by atomic mass is 9.71. The van der Waals surface area contributed by atoms with Crippen molar-refractivity contribution in [1.29, 1.82) is 0 Å². The van der Waals surface area contributed by atoms with Crippen molar-refractivity contribution in [2.75, 3.05) is 38.1 Å². The average molecular weight is 577 g/mol. The number of alkyl halides is 3. The number of pyridine rings is 1. The molecule has 3 heterocycles. The van der Waals surface area contributed by atoms with Gasteiger partial charge in [0.1, 0.15) is 0 Å². The fourth-order valence-electron chi connectivity index (χ4n) is 7.03. The van der Waals surface area contributed by atoms with Crippen LogP contribution in [-0.2, 0) is 12.6 Å². The molecule has 0 bridgehead atoms. The predicted octanol–water partition coefficient (Wildman–Crippen LogP) is 6.38. The zero-order valence-corrected chi connectivity index (χ0v) is 23.7. The van der Waals surface area contributed by atoms with Gasteiger partial charge in [-0.05, 0) is 91.5 Å². The molecule has 6 nitrogen and oxygen atoms in total. The molecule has 2 aliphatic heterocycles. The van der Waals surface area contributed by atoms with Crippen molar-refractivity contribution in [3.63, 3.8) is 0 Å². The molecule has 1 spiro atoms. The van der Waals surface area contributed by atoms with E-state index in [-0.39, 0.29) is 16.9 Å². The molecule has 42 heavy (non-hydrogen) atoms. The normalized spacial score (nSPS) is 20.0. The Labute approximate surface area is 244 Å². The zero-order chi connectivity index (χ0) is 29.5. The van der Waals surface area contributed by atoms with Gasteiger partial charge in [-0.3, -0.25) is 14.6 Å². The van der Waals surface area contributed by atoms with E-state index in [0.29, 0.717) is 31.5 Å². The number of amides is 2. The van der Waals surface area contributed by atoms with Gasteiger partial charge in [0.2, 0.25) is 0 Å². The molecule has 1 aliphatic carbocycles. The van der Waals surface area contributed by atoms with E-state index in [0.717, 1.165) is 56.0 Å². The van der Waals surface area contributed by atoms with Gasteiger partial charge in [0.15, 0.2) is 0 Å². The number of carbonyl (C=O) groups excluding carboxylic acids is 2. The highest BCUT2D eigenvalue weighted by Crippen LogP contribution is 2.43. The number of hydrogen-bond acceptors (Lipinski definition) is 4. The summed E-state index contributed by atoms with van der Waals surface area (Å²) in [4.78, 5) is 36.7. The third-order valence-electron chi connectivity index (χ3n) is 9.65. The number of aryl methyl sites for hydroxylation is 1. The summed E-state index contributed by atoms with van der Waals surface area (Å²) in [6.45, 7) is 3.43. The predicted molar refractivity (Wildman–Crippen MR) is 154 cm³/mol. The summed E-state index contributed by atoms with van der Waals surface area (Å²) in [6, 6.07) is 14.2. The van der Waals surface area contributed by atoms with Crippen LogP contribution in [0.4, 0.5) is 18.9 Å². The van der Waals surface area contributed by atoms with Crippen LogP contribution in [0.1, 0.15) is 75.6 Å². The third-order valence-corrected chi connectivity index (χ3v) is 9.65. The lowest BCUT2D eigenvalue weighted by Crippen LogP contribution is -2.48. The van der Waals surface area contributed by atoms with Crippen LogP contribution in [0.3, 0.4) is 0 Å². The van der Waals surface area contributed by atoms with Gasteiger partial charge >= 0.3 is 6.18 Å². The average Bonchev–Trinajstić information content (AvgIpc) is 3.44. The number of aromatic nitrogens is 1. The molecule has 2 amide bonds. The van der Waals surface area contributed by atoms with E-state index in [9.17, 15) is 22.8 Å². The fourth-order valence-corrected chi connectivity index (χ4v) is 7.03. The van der Waals surface area contributed by atoms with Crippen molar-refractivity contribution >= 4 is 17.5 Å². The number of halogens is 3. The van der Waals surface area contributed by atoms with Crippen LogP contribution in [0, 0.1) is 5.41 Å². The van der Waals surface area contributed by atoms with Gasteiger partial charge in [0.25, 0.3) is 11.8 Å². The van der Waals surface area contributed by atoms with E-state index in [2.05, 4.69) is 22.0 Å². The zero-order valence-electron chi connectivity index (χ0n) is 23.7. The maximum atomic E-state index is 13.6. The van der Waals surface area contributed by atoms with Gasteiger partial charge in [-0.15, -0.1) is 0 Å². The Morgan fingerprint density at radius 2 is 1.60 bits per heavy atom. The second-order valence-electron chi connectivity index (χ2n) is 11.9. The molecule has 220 valence electrons. The summed E-state index contributed by atoms with van der Waals surface area (Å²) in [5, 5.41) is 0. The Bertz CT molecular complexity index is 1460. The number of rotatable bonds is 4. The van der Waals surface area contributed by atoms with Crippen molar-refractivity contribution in [1.82, 2.24) is 14.8 Å². The number of anilines is 1. The van der Waals surface area contributed by atoms with E-state index in [4.69, 9.17) is 0 Å². The van der Waals surface area contributed by atoms with E-state index in [1.807, 2.05) is 35.5 Å². The largest absolute Gasteiger partial charge is 0.417 e. The van der Waals surface area contributed by atoms with Crippen molar-refractivity contribution in [2.24, 2.45) is 5.41 Å². The number of benzene rings is 2. The lowest BCUT2D eigenvalue weighted by molar-refractivity contribution is -0.138. The molecule has 3 aliphatic rings. The van der Waals surface area contributed by atoms with Gasteiger partial charge in [0.05, 0.1) is 17.2 Å². The molecule has 0 N–H and O–H groups in total. The smallest absolute Gasteiger partial charge is 0.371 e. The topological polar surface area (TPSA) is 56.8 Å². The van der Waals surface area contributed by atoms with Crippen molar-refractivity contribution in [2.45, 2.75) is 50.7 Å². The van der Waals surface area contributed by atoms with Crippen LogP contribution >= 0.6 is 0 Å². The summed E-state index contributed by atoms with van der Waals surface area (Å²) in [7, 11) is 1.55. The number of likely N-dealkylation sites (tertiary alicyclic amines) is 1. The maximum Gasteiger partial charge on any atom is 0.417 e. The second-order valence-corrected chi connectivity index (χ2v) is 11.9. The van der Waals surface area contributed by atoms with Crippen LogP contribution in [-0.4, -0.2) is 59.8 Å². The number of carbonyl (C=O) groups is 2. The van der Waals surface area contributed by atoms with Crippen molar-refractivity contribution in [3.8, 4) is 0 Å². The summed E-state index contributed by atoms with van der Waals surface area (Å²) in [5.41, 5.74) is 2.62. The van der Waals surface area contributed by atoms with E-state index >= 15 is 0 Å².